The molecule has 1 saturated heterocycles. The van der Waals surface area contributed by atoms with Gasteiger partial charge in [0.15, 0.2) is 0 Å². The first kappa shape index (κ1) is 20.6. The van der Waals surface area contributed by atoms with Crippen LogP contribution in [-0.4, -0.2) is 43.0 Å². The van der Waals surface area contributed by atoms with Crippen LogP contribution < -0.4 is 16.5 Å². The van der Waals surface area contributed by atoms with Crippen LogP contribution >= 0.6 is 0 Å². The molecule has 8 heteroatoms. The number of anilines is 2. The minimum atomic E-state index is -0.949. The summed E-state index contributed by atoms with van der Waals surface area (Å²) in [5.41, 5.74) is 8.99. The molecule has 2 aromatic rings. The fourth-order valence-corrected chi connectivity index (χ4v) is 3.75. The lowest BCUT2D eigenvalue weighted by atomic mass is 9.94. The van der Waals surface area contributed by atoms with Crippen molar-refractivity contribution >= 4 is 23.3 Å². The highest BCUT2D eigenvalue weighted by Crippen LogP contribution is 2.35. The van der Waals surface area contributed by atoms with Crippen molar-refractivity contribution in [1.82, 2.24) is 4.90 Å². The van der Waals surface area contributed by atoms with Crippen molar-refractivity contribution in [3.8, 4) is 11.1 Å². The monoisotopic (exact) mass is 400 g/mol. The lowest BCUT2D eigenvalue weighted by Crippen LogP contribution is -2.48. The highest BCUT2D eigenvalue weighted by Gasteiger charge is 2.23. The first-order chi connectivity index (χ1) is 13.9. The van der Waals surface area contributed by atoms with E-state index in [1.807, 2.05) is 29.2 Å². The van der Waals surface area contributed by atoms with Gasteiger partial charge < -0.3 is 20.4 Å². The Labute approximate surface area is 169 Å². The Balaban J connectivity index is 1.96. The summed E-state index contributed by atoms with van der Waals surface area (Å²) in [6, 6.07) is 8.89. The van der Waals surface area contributed by atoms with Crippen LogP contribution in [0, 0.1) is 5.82 Å². The highest BCUT2D eigenvalue weighted by atomic mass is 19.1. The minimum absolute atomic E-state index is 0.0739. The average Bonchev–Trinajstić information content (AvgIpc) is 2.74. The Hall–Kier alpha value is -3.13. The quantitative estimate of drug-likeness (QED) is 0.603. The summed E-state index contributed by atoms with van der Waals surface area (Å²) in [6.07, 6.45) is 0.355. The molecule has 154 valence electrons. The zero-order valence-corrected chi connectivity index (χ0v) is 16.6. The van der Waals surface area contributed by atoms with Gasteiger partial charge >= 0.3 is 5.97 Å². The van der Waals surface area contributed by atoms with Crippen molar-refractivity contribution in [3.63, 3.8) is 0 Å². The Morgan fingerprint density at radius 1 is 1.17 bits per heavy atom. The van der Waals surface area contributed by atoms with E-state index in [4.69, 9.17) is 11.6 Å². The number of rotatable bonds is 4. The van der Waals surface area contributed by atoms with Crippen molar-refractivity contribution in [1.29, 1.82) is 0 Å². The van der Waals surface area contributed by atoms with E-state index in [1.54, 1.807) is 13.8 Å². The molecule has 0 saturated carbocycles. The van der Waals surface area contributed by atoms with Crippen molar-refractivity contribution in [2.45, 2.75) is 20.3 Å². The molecule has 4 N–H and O–H groups in total. The number of hydrogen-bond acceptors (Lipinski definition) is 6. The molecule has 7 nitrogen and oxygen atoms in total. The second kappa shape index (κ2) is 8.48. The average molecular weight is 400 g/mol. The molecule has 0 aliphatic carbocycles. The molecule has 0 unspecified atom stereocenters. The zero-order chi connectivity index (χ0) is 21.1. The molecule has 29 heavy (non-hydrogen) atoms. The molecule has 2 aromatic carbocycles. The summed E-state index contributed by atoms with van der Waals surface area (Å²) in [4.78, 5) is 31.6. The van der Waals surface area contributed by atoms with E-state index in [0.717, 1.165) is 11.3 Å². The van der Waals surface area contributed by atoms with Crippen LogP contribution in [0.2, 0.25) is 0 Å². The number of carbonyl (C=O) groups is 2. The summed E-state index contributed by atoms with van der Waals surface area (Å²) in [5, 5.41) is 0. The van der Waals surface area contributed by atoms with Gasteiger partial charge in [0.1, 0.15) is 11.4 Å². The molecular weight excluding hydrogens is 375 g/mol. The van der Waals surface area contributed by atoms with Crippen molar-refractivity contribution in [3.05, 3.63) is 47.3 Å². The number of halogens is 1. The SMILES string of the molecule is CCc1c(N)c(-c2cccc(N3CCN(C(C)=O)CC3)c2)cc(F)c1C(=O)ON. The molecule has 1 heterocycles. The summed E-state index contributed by atoms with van der Waals surface area (Å²) in [6.45, 7) is 6.11. The maximum Gasteiger partial charge on any atom is 0.359 e. The number of nitrogens with two attached hydrogens (primary N) is 2. The Kier molecular flexibility index (Phi) is 6.03. The fourth-order valence-electron chi connectivity index (χ4n) is 3.75. The van der Waals surface area contributed by atoms with E-state index in [1.165, 1.54) is 6.07 Å². The van der Waals surface area contributed by atoms with Gasteiger partial charge in [-0.1, -0.05) is 19.1 Å². The summed E-state index contributed by atoms with van der Waals surface area (Å²) in [5.74, 6) is 3.34. The Bertz CT molecular complexity index is 940. The molecule has 0 aromatic heterocycles. The van der Waals surface area contributed by atoms with Crippen LogP contribution in [0.15, 0.2) is 30.3 Å². The highest BCUT2D eigenvalue weighted by molar-refractivity contribution is 5.96. The second-order valence-corrected chi connectivity index (χ2v) is 6.98. The topological polar surface area (TPSA) is 102 Å². The largest absolute Gasteiger partial charge is 0.398 e. The van der Waals surface area contributed by atoms with E-state index >= 15 is 0 Å². The molecule has 3 rings (SSSR count). The number of nitrogen functional groups attached to an aromatic ring is 1. The van der Waals surface area contributed by atoms with E-state index in [0.29, 0.717) is 49.4 Å². The van der Waals surface area contributed by atoms with Crippen LogP contribution in [0.3, 0.4) is 0 Å². The van der Waals surface area contributed by atoms with Gasteiger partial charge in [-0.15, -0.1) is 0 Å². The number of nitrogens with zero attached hydrogens (tertiary/aromatic N) is 2. The minimum Gasteiger partial charge on any atom is -0.398 e. The smallest absolute Gasteiger partial charge is 0.359 e. The third-order valence-corrected chi connectivity index (χ3v) is 5.34. The van der Waals surface area contributed by atoms with E-state index in [2.05, 4.69) is 9.74 Å². The predicted octanol–water partition coefficient (Wildman–Crippen LogP) is 2.34. The third kappa shape index (κ3) is 4.02. The zero-order valence-electron chi connectivity index (χ0n) is 16.6. The first-order valence-corrected chi connectivity index (χ1v) is 9.50. The van der Waals surface area contributed by atoms with Gasteiger partial charge in [-0.25, -0.2) is 9.18 Å². The molecule has 1 aliphatic heterocycles. The van der Waals surface area contributed by atoms with Crippen LogP contribution in [0.5, 0.6) is 0 Å². The molecule has 0 radical (unpaired) electrons. The standard InChI is InChI=1S/C21H25FN4O3/c1-3-16-19(21(28)29-24)18(22)12-17(20(16)23)14-5-4-6-15(11-14)26-9-7-25(8-10-26)13(2)27/h4-6,11-12H,3,7-10,23-24H2,1-2H3. The summed E-state index contributed by atoms with van der Waals surface area (Å²) < 4.78 is 14.7. The third-order valence-electron chi connectivity index (χ3n) is 5.34. The maximum absolute atomic E-state index is 14.7. The van der Waals surface area contributed by atoms with E-state index < -0.39 is 11.8 Å². The van der Waals surface area contributed by atoms with Crippen LogP contribution in [0.25, 0.3) is 11.1 Å². The molecule has 1 fully saturated rings. The fraction of sp³-hybridized carbons (Fsp3) is 0.333. The van der Waals surface area contributed by atoms with Crippen molar-refractivity contribution < 1.29 is 18.8 Å². The van der Waals surface area contributed by atoms with Crippen molar-refractivity contribution in [2.24, 2.45) is 5.90 Å². The van der Waals surface area contributed by atoms with Crippen LogP contribution in [0.1, 0.15) is 29.8 Å². The Morgan fingerprint density at radius 2 is 1.86 bits per heavy atom. The molecular formula is C21H25FN4O3. The lowest BCUT2D eigenvalue weighted by molar-refractivity contribution is -0.129. The summed E-state index contributed by atoms with van der Waals surface area (Å²) >= 11 is 0. The lowest BCUT2D eigenvalue weighted by Gasteiger charge is -2.35. The van der Waals surface area contributed by atoms with Gasteiger partial charge in [0.2, 0.25) is 5.91 Å². The Morgan fingerprint density at radius 3 is 2.45 bits per heavy atom. The molecule has 0 atom stereocenters. The second-order valence-electron chi connectivity index (χ2n) is 6.98. The maximum atomic E-state index is 14.7. The molecule has 1 aliphatic rings. The van der Waals surface area contributed by atoms with Gasteiger partial charge in [0.05, 0.1) is 0 Å². The van der Waals surface area contributed by atoms with Crippen LogP contribution in [-0.2, 0) is 16.1 Å². The van der Waals surface area contributed by atoms with Gasteiger partial charge in [-0.05, 0) is 35.7 Å². The number of hydrogen-bond donors (Lipinski definition) is 2. The van der Waals surface area contributed by atoms with Gasteiger partial charge in [-0.3, -0.25) is 4.79 Å². The van der Waals surface area contributed by atoms with Crippen LogP contribution in [0.4, 0.5) is 15.8 Å². The number of piperazine rings is 1. The normalized spacial score (nSPS) is 14.1. The predicted molar refractivity (Wildman–Crippen MR) is 110 cm³/mol. The number of carbonyl (C=O) groups excluding carboxylic acids is 2. The molecule has 0 bridgehead atoms. The van der Waals surface area contributed by atoms with Gasteiger partial charge in [0.25, 0.3) is 0 Å². The molecule has 0 spiro atoms. The summed E-state index contributed by atoms with van der Waals surface area (Å²) in [7, 11) is 0. The van der Waals surface area contributed by atoms with E-state index in [-0.39, 0.29) is 11.5 Å². The van der Waals surface area contributed by atoms with E-state index in [9.17, 15) is 14.0 Å². The number of amides is 1. The number of benzene rings is 2. The van der Waals surface area contributed by atoms with Gasteiger partial charge in [-0.2, -0.15) is 5.90 Å². The van der Waals surface area contributed by atoms with Gasteiger partial charge in [0, 0.05) is 50.0 Å². The van der Waals surface area contributed by atoms with Crippen molar-refractivity contribution in [2.75, 3.05) is 36.8 Å². The molecule has 1 amide bonds. The first-order valence-electron chi connectivity index (χ1n) is 9.50.